The second-order valence-electron chi connectivity index (χ2n) is 10.0. The molecule has 2 fully saturated rings. The van der Waals surface area contributed by atoms with Gasteiger partial charge >= 0.3 is 0 Å². The fraction of sp³-hybridized carbons (Fsp3) is 0.667. The molecule has 0 bridgehead atoms. The van der Waals surface area contributed by atoms with Gasteiger partial charge < -0.3 is 20.6 Å². The first-order valence-corrected chi connectivity index (χ1v) is 11.7. The van der Waals surface area contributed by atoms with Gasteiger partial charge in [0, 0.05) is 30.1 Å². The zero-order valence-electron chi connectivity index (χ0n) is 19.1. The normalized spacial score (nSPS) is 27.1. The van der Waals surface area contributed by atoms with Crippen molar-refractivity contribution in [2.75, 3.05) is 26.2 Å². The van der Waals surface area contributed by atoms with Gasteiger partial charge in [-0.15, -0.1) is 0 Å². The molecule has 3 rings (SSSR count). The molecule has 31 heavy (non-hydrogen) atoms. The van der Waals surface area contributed by atoms with Gasteiger partial charge in [-0.1, -0.05) is 51.4 Å². The van der Waals surface area contributed by atoms with Crippen LogP contribution < -0.4 is 10.6 Å². The molecule has 7 heteroatoms. The third-order valence-corrected chi connectivity index (χ3v) is 7.23. The number of hydrogen-bond acceptors (Lipinski definition) is 4. The third kappa shape index (κ3) is 5.07. The molecule has 2 aliphatic rings. The summed E-state index contributed by atoms with van der Waals surface area (Å²) < 4.78 is 0. The van der Waals surface area contributed by atoms with E-state index in [4.69, 9.17) is 11.6 Å². The summed E-state index contributed by atoms with van der Waals surface area (Å²) in [5, 5.41) is 18.5. The Kier molecular flexibility index (Phi) is 7.34. The number of carbonyl (C=O) groups is 2. The summed E-state index contributed by atoms with van der Waals surface area (Å²) in [6.45, 7) is 10.3. The van der Waals surface area contributed by atoms with Gasteiger partial charge in [0.2, 0.25) is 11.8 Å². The standard InChI is InChI=1S/C24H36ClN3O3/c1-16(2)20(27-21(29)17-6-5-12-26-14-17)22(30)28-13-11-24(31,23(3,4)15-28)18-7-9-19(25)10-8-18/h7-10,16-17,20,26,31H,5-6,11-15H2,1-4H3,(H,27,29)/t17-,20-,24+/m1/s1. The van der Waals surface area contributed by atoms with Crippen molar-refractivity contribution in [3.05, 3.63) is 34.9 Å². The first-order valence-electron chi connectivity index (χ1n) is 11.3. The number of rotatable bonds is 5. The molecule has 3 atom stereocenters. The summed E-state index contributed by atoms with van der Waals surface area (Å²) >= 11 is 6.02. The number of aliphatic hydroxyl groups is 1. The van der Waals surface area contributed by atoms with Crippen LogP contribution in [0.2, 0.25) is 5.02 Å². The van der Waals surface area contributed by atoms with E-state index in [9.17, 15) is 14.7 Å². The molecule has 2 amide bonds. The fourth-order valence-electron chi connectivity index (χ4n) is 4.83. The maximum atomic E-state index is 13.4. The molecule has 0 radical (unpaired) electrons. The van der Waals surface area contributed by atoms with Crippen LogP contribution in [0.25, 0.3) is 0 Å². The van der Waals surface area contributed by atoms with Gasteiger partial charge in [0.05, 0.1) is 11.5 Å². The molecule has 0 saturated carbocycles. The van der Waals surface area contributed by atoms with E-state index in [1.165, 1.54) is 0 Å². The monoisotopic (exact) mass is 449 g/mol. The lowest BCUT2D eigenvalue weighted by atomic mass is 9.66. The van der Waals surface area contributed by atoms with Crippen molar-refractivity contribution >= 4 is 23.4 Å². The van der Waals surface area contributed by atoms with E-state index in [1.807, 2.05) is 39.8 Å². The Morgan fingerprint density at radius 1 is 1.26 bits per heavy atom. The van der Waals surface area contributed by atoms with Gasteiger partial charge in [-0.2, -0.15) is 0 Å². The van der Waals surface area contributed by atoms with Crippen molar-refractivity contribution < 1.29 is 14.7 Å². The number of carbonyl (C=O) groups excluding carboxylic acids is 2. The van der Waals surface area contributed by atoms with E-state index in [1.54, 1.807) is 17.0 Å². The molecular formula is C24H36ClN3O3. The summed E-state index contributed by atoms with van der Waals surface area (Å²) in [6.07, 6.45) is 2.25. The number of nitrogens with one attached hydrogen (secondary N) is 2. The molecule has 2 saturated heterocycles. The lowest BCUT2D eigenvalue weighted by Gasteiger charge is -2.51. The third-order valence-electron chi connectivity index (χ3n) is 6.98. The fourth-order valence-corrected chi connectivity index (χ4v) is 4.95. The van der Waals surface area contributed by atoms with Crippen LogP contribution in [-0.4, -0.2) is 54.0 Å². The highest BCUT2D eigenvalue weighted by Gasteiger charge is 2.50. The maximum absolute atomic E-state index is 13.4. The summed E-state index contributed by atoms with van der Waals surface area (Å²) in [5.41, 5.74) is -0.806. The van der Waals surface area contributed by atoms with Crippen LogP contribution in [-0.2, 0) is 15.2 Å². The van der Waals surface area contributed by atoms with E-state index in [0.29, 0.717) is 31.1 Å². The van der Waals surface area contributed by atoms with Crippen molar-refractivity contribution in [3.63, 3.8) is 0 Å². The number of likely N-dealkylation sites (tertiary alicyclic amines) is 1. The minimum Gasteiger partial charge on any atom is -0.384 e. The van der Waals surface area contributed by atoms with Crippen LogP contribution in [0, 0.1) is 17.3 Å². The van der Waals surface area contributed by atoms with Gasteiger partial charge in [-0.05, 0) is 49.4 Å². The number of halogens is 1. The molecule has 3 N–H and O–H groups in total. The first kappa shape index (κ1) is 24.0. The van der Waals surface area contributed by atoms with E-state index in [-0.39, 0.29) is 23.7 Å². The average Bonchev–Trinajstić information content (AvgIpc) is 2.74. The largest absolute Gasteiger partial charge is 0.384 e. The number of amides is 2. The summed E-state index contributed by atoms with van der Waals surface area (Å²) in [7, 11) is 0. The van der Waals surface area contributed by atoms with Gasteiger partial charge in [-0.25, -0.2) is 0 Å². The van der Waals surface area contributed by atoms with E-state index in [2.05, 4.69) is 10.6 Å². The Labute approximate surface area is 190 Å². The van der Waals surface area contributed by atoms with E-state index in [0.717, 1.165) is 24.9 Å². The lowest BCUT2D eigenvalue weighted by molar-refractivity contribution is -0.157. The molecule has 0 aliphatic carbocycles. The molecular weight excluding hydrogens is 414 g/mol. The Balaban J connectivity index is 1.72. The molecule has 1 aromatic carbocycles. The van der Waals surface area contributed by atoms with Crippen LogP contribution in [0.3, 0.4) is 0 Å². The summed E-state index contributed by atoms with van der Waals surface area (Å²) in [4.78, 5) is 28.0. The van der Waals surface area contributed by atoms with Crippen LogP contribution in [0.4, 0.5) is 0 Å². The second kappa shape index (κ2) is 9.47. The summed E-state index contributed by atoms with van der Waals surface area (Å²) in [6, 6.07) is 6.72. The van der Waals surface area contributed by atoms with Crippen LogP contribution in [0.15, 0.2) is 24.3 Å². The molecule has 2 aliphatic heterocycles. The first-order chi connectivity index (χ1) is 14.5. The van der Waals surface area contributed by atoms with Crippen LogP contribution >= 0.6 is 11.6 Å². The number of benzene rings is 1. The Hall–Kier alpha value is -1.63. The van der Waals surface area contributed by atoms with Crippen molar-refractivity contribution in [1.29, 1.82) is 0 Å². The highest BCUT2D eigenvalue weighted by atomic mass is 35.5. The Morgan fingerprint density at radius 2 is 1.94 bits per heavy atom. The molecule has 1 aromatic rings. The van der Waals surface area contributed by atoms with Crippen LogP contribution in [0.5, 0.6) is 0 Å². The number of hydrogen-bond donors (Lipinski definition) is 3. The van der Waals surface area contributed by atoms with Gasteiger partial charge in [0.25, 0.3) is 0 Å². The number of nitrogens with zero attached hydrogens (tertiary/aromatic N) is 1. The van der Waals surface area contributed by atoms with Gasteiger partial charge in [0.1, 0.15) is 6.04 Å². The minimum atomic E-state index is -1.06. The summed E-state index contributed by atoms with van der Waals surface area (Å²) in [5.74, 6) is -0.227. The van der Waals surface area contributed by atoms with Crippen molar-refractivity contribution in [2.45, 2.75) is 58.6 Å². The molecule has 172 valence electrons. The maximum Gasteiger partial charge on any atom is 0.245 e. The SMILES string of the molecule is CC(C)[C@@H](NC(=O)[C@@H]1CCCNC1)C(=O)N1CC[C@](O)(c2ccc(Cl)cc2)C(C)(C)C1. The quantitative estimate of drug-likeness (QED) is 0.645. The zero-order chi connectivity index (χ0) is 22.8. The van der Waals surface area contributed by atoms with Crippen molar-refractivity contribution in [1.82, 2.24) is 15.5 Å². The van der Waals surface area contributed by atoms with E-state index < -0.39 is 17.1 Å². The van der Waals surface area contributed by atoms with Gasteiger partial charge in [-0.3, -0.25) is 9.59 Å². The highest BCUT2D eigenvalue weighted by molar-refractivity contribution is 6.30. The molecule has 0 aromatic heterocycles. The molecule has 6 nitrogen and oxygen atoms in total. The topological polar surface area (TPSA) is 81.7 Å². The Morgan fingerprint density at radius 3 is 2.48 bits per heavy atom. The molecule has 0 spiro atoms. The predicted molar refractivity (Wildman–Crippen MR) is 123 cm³/mol. The van der Waals surface area contributed by atoms with Crippen molar-refractivity contribution in [3.8, 4) is 0 Å². The smallest absolute Gasteiger partial charge is 0.245 e. The zero-order valence-corrected chi connectivity index (χ0v) is 19.8. The Bertz CT molecular complexity index is 790. The highest BCUT2D eigenvalue weighted by Crippen LogP contribution is 2.46. The predicted octanol–water partition coefficient (Wildman–Crippen LogP) is 2.93. The molecule has 0 unspecified atom stereocenters. The van der Waals surface area contributed by atoms with Crippen LogP contribution in [0.1, 0.15) is 52.5 Å². The number of piperidine rings is 2. The second-order valence-corrected chi connectivity index (χ2v) is 10.5. The average molecular weight is 450 g/mol. The van der Waals surface area contributed by atoms with Crippen molar-refractivity contribution in [2.24, 2.45) is 17.3 Å². The lowest BCUT2D eigenvalue weighted by Crippen LogP contribution is -2.61. The van der Waals surface area contributed by atoms with E-state index >= 15 is 0 Å². The molecule has 2 heterocycles. The van der Waals surface area contributed by atoms with Gasteiger partial charge in [0.15, 0.2) is 0 Å². The minimum absolute atomic E-state index is 0.0202.